The van der Waals surface area contributed by atoms with Crippen molar-refractivity contribution < 1.29 is 27.5 Å². The van der Waals surface area contributed by atoms with Gasteiger partial charge in [-0.25, -0.2) is 0 Å². The van der Waals surface area contributed by atoms with Crippen molar-refractivity contribution in [1.29, 1.82) is 0 Å². The van der Waals surface area contributed by atoms with E-state index in [1.165, 1.54) is 19.3 Å². The van der Waals surface area contributed by atoms with E-state index in [2.05, 4.69) is 13.8 Å². The van der Waals surface area contributed by atoms with E-state index >= 15 is 0 Å². The smallest absolute Gasteiger partial charge is 0.0459 e. The molecule has 2 heteroatoms. The molecule has 0 fully saturated rings. The molecule has 1 atom stereocenters. The molecule has 1 unspecified atom stereocenters. The Labute approximate surface area is 79.7 Å². The van der Waals surface area contributed by atoms with Gasteiger partial charge in [0.05, 0.1) is 0 Å². The van der Waals surface area contributed by atoms with Crippen LogP contribution in [-0.2, 0) is 22.4 Å². The Hall–Kier alpha value is 0.700. The van der Waals surface area contributed by atoms with E-state index in [1.807, 2.05) is 0 Å². The van der Waals surface area contributed by atoms with Gasteiger partial charge in [0, 0.05) is 29.0 Å². The zero-order valence-corrected chi connectivity index (χ0v) is 10.2. The van der Waals surface area contributed by atoms with Crippen molar-refractivity contribution in [3.05, 3.63) is 0 Å². The Kier molecular flexibility index (Phi) is 12.9. The van der Waals surface area contributed by atoms with Gasteiger partial charge >= 0.3 is 0 Å². The molecule has 0 amide bonds. The molecule has 10 heavy (non-hydrogen) atoms. The van der Waals surface area contributed by atoms with Crippen LogP contribution < -0.4 is 0 Å². The maximum absolute atomic E-state index is 8.75. The average molecular weight is 311 g/mol. The summed E-state index contributed by atoms with van der Waals surface area (Å²) in [7, 11) is 0. The summed E-state index contributed by atoms with van der Waals surface area (Å²) in [5.74, 6) is 0.560. The molecule has 1 nitrogen and oxygen atoms in total. The standard InChI is InChI=1S/C8H18O.Ta/c1-3-5-6-8(4-2)7-9;/h8-9H,3-7H2,1-2H3;. The molecule has 0 aliphatic rings. The number of aliphatic hydroxyl groups is 1. The zero-order chi connectivity index (χ0) is 7.11. The van der Waals surface area contributed by atoms with E-state index in [4.69, 9.17) is 5.11 Å². The van der Waals surface area contributed by atoms with Crippen LogP contribution in [0.4, 0.5) is 0 Å². The van der Waals surface area contributed by atoms with Gasteiger partial charge in [0.2, 0.25) is 0 Å². The predicted octanol–water partition coefficient (Wildman–Crippen LogP) is 2.19. The van der Waals surface area contributed by atoms with E-state index in [-0.39, 0.29) is 22.4 Å². The number of unbranched alkanes of at least 4 members (excludes halogenated alkanes) is 1. The molecule has 61 valence electrons. The molecule has 0 saturated heterocycles. The predicted molar refractivity (Wildman–Crippen MR) is 40.4 cm³/mol. The molecule has 0 aliphatic heterocycles. The van der Waals surface area contributed by atoms with Crippen molar-refractivity contribution in [3.63, 3.8) is 0 Å². The molecule has 0 spiro atoms. The number of hydrogen-bond acceptors (Lipinski definition) is 1. The average Bonchev–Trinajstić information content (AvgIpc) is 1.91. The summed E-state index contributed by atoms with van der Waals surface area (Å²) in [6.45, 7) is 4.69. The third kappa shape index (κ3) is 6.82. The first kappa shape index (κ1) is 13.3. The monoisotopic (exact) mass is 311 g/mol. The Bertz CT molecular complexity index is 53.2. The molecular weight excluding hydrogens is 293 g/mol. The van der Waals surface area contributed by atoms with Crippen LogP contribution in [0.1, 0.15) is 39.5 Å². The largest absolute Gasteiger partial charge is 0.396 e. The molecular formula is C8H18OTa. The van der Waals surface area contributed by atoms with Gasteiger partial charge < -0.3 is 5.11 Å². The molecule has 0 heterocycles. The second-order valence-corrected chi connectivity index (χ2v) is 2.60. The minimum atomic E-state index is 0. The van der Waals surface area contributed by atoms with Crippen LogP contribution in [0.3, 0.4) is 0 Å². The minimum Gasteiger partial charge on any atom is -0.396 e. The Morgan fingerprint density at radius 3 is 2.20 bits per heavy atom. The van der Waals surface area contributed by atoms with E-state index in [0.717, 1.165) is 6.42 Å². The van der Waals surface area contributed by atoms with Crippen LogP contribution in [0, 0.1) is 5.92 Å². The van der Waals surface area contributed by atoms with Gasteiger partial charge in [-0.2, -0.15) is 0 Å². The maximum atomic E-state index is 8.75. The SMILES string of the molecule is CCCCC(CC)CO.[Ta]. The minimum absolute atomic E-state index is 0. The maximum Gasteiger partial charge on any atom is 0.0459 e. The van der Waals surface area contributed by atoms with Crippen LogP contribution in [0.25, 0.3) is 0 Å². The van der Waals surface area contributed by atoms with E-state index in [0.29, 0.717) is 12.5 Å². The van der Waals surface area contributed by atoms with Crippen LogP contribution in [0.15, 0.2) is 0 Å². The van der Waals surface area contributed by atoms with Crippen molar-refractivity contribution in [3.8, 4) is 0 Å². The fraction of sp³-hybridized carbons (Fsp3) is 1.00. The quantitative estimate of drug-likeness (QED) is 0.825. The van der Waals surface area contributed by atoms with E-state index in [9.17, 15) is 0 Å². The number of aliphatic hydroxyl groups excluding tert-OH is 1. The van der Waals surface area contributed by atoms with Gasteiger partial charge in [0.15, 0.2) is 0 Å². The van der Waals surface area contributed by atoms with Crippen molar-refractivity contribution in [2.24, 2.45) is 5.92 Å². The van der Waals surface area contributed by atoms with Crippen molar-refractivity contribution >= 4 is 0 Å². The molecule has 0 aromatic rings. The van der Waals surface area contributed by atoms with Gasteiger partial charge in [0.25, 0.3) is 0 Å². The summed E-state index contributed by atoms with van der Waals surface area (Å²) < 4.78 is 0. The Balaban J connectivity index is 0. The topological polar surface area (TPSA) is 20.2 Å². The first-order valence-corrected chi connectivity index (χ1v) is 3.96. The van der Waals surface area contributed by atoms with Crippen molar-refractivity contribution in [2.45, 2.75) is 39.5 Å². The summed E-state index contributed by atoms with van der Waals surface area (Å²) in [4.78, 5) is 0. The fourth-order valence-corrected chi connectivity index (χ4v) is 0.917. The third-order valence-corrected chi connectivity index (χ3v) is 1.80. The third-order valence-electron chi connectivity index (χ3n) is 1.80. The van der Waals surface area contributed by atoms with Crippen LogP contribution in [0.5, 0.6) is 0 Å². The molecule has 0 bridgehead atoms. The molecule has 0 aromatic carbocycles. The Morgan fingerprint density at radius 2 is 1.90 bits per heavy atom. The second-order valence-electron chi connectivity index (χ2n) is 2.60. The number of rotatable bonds is 5. The molecule has 1 N–H and O–H groups in total. The zero-order valence-electron chi connectivity index (χ0n) is 7.01. The van der Waals surface area contributed by atoms with Gasteiger partial charge in [-0.15, -0.1) is 0 Å². The van der Waals surface area contributed by atoms with Gasteiger partial charge in [-0.1, -0.05) is 33.1 Å². The normalized spacial score (nSPS) is 12.3. The Morgan fingerprint density at radius 1 is 1.30 bits per heavy atom. The van der Waals surface area contributed by atoms with Crippen LogP contribution in [0.2, 0.25) is 0 Å². The summed E-state index contributed by atoms with van der Waals surface area (Å²) in [6, 6.07) is 0. The fourth-order valence-electron chi connectivity index (χ4n) is 0.917. The first-order chi connectivity index (χ1) is 4.35. The van der Waals surface area contributed by atoms with Gasteiger partial charge in [-0.3, -0.25) is 0 Å². The van der Waals surface area contributed by atoms with Gasteiger partial charge in [-0.05, 0) is 12.3 Å². The first-order valence-electron chi connectivity index (χ1n) is 3.96. The molecule has 0 saturated carbocycles. The summed E-state index contributed by atoms with van der Waals surface area (Å²) in [5.41, 5.74) is 0. The summed E-state index contributed by atoms with van der Waals surface area (Å²) in [6.07, 6.45) is 4.83. The molecule has 0 aliphatic carbocycles. The molecule has 0 rings (SSSR count). The number of hydrogen-bond donors (Lipinski definition) is 1. The van der Waals surface area contributed by atoms with Crippen molar-refractivity contribution in [1.82, 2.24) is 0 Å². The van der Waals surface area contributed by atoms with Crippen molar-refractivity contribution in [2.75, 3.05) is 6.61 Å². The van der Waals surface area contributed by atoms with Crippen LogP contribution >= 0.6 is 0 Å². The van der Waals surface area contributed by atoms with Gasteiger partial charge in [0.1, 0.15) is 0 Å². The summed E-state index contributed by atoms with van der Waals surface area (Å²) >= 11 is 0. The van der Waals surface area contributed by atoms with Crippen LogP contribution in [-0.4, -0.2) is 11.7 Å². The molecule has 0 aromatic heterocycles. The second kappa shape index (κ2) is 9.70. The van der Waals surface area contributed by atoms with E-state index in [1.54, 1.807) is 0 Å². The summed E-state index contributed by atoms with van der Waals surface area (Å²) in [5, 5.41) is 8.75. The van der Waals surface area contributed by atoms with E-state index < -0.39 is 0 Å². The molecule has 1 radical (unpaired) electrons.